The zero-order chi connectivity index (χ0) is 18.2. The molecule has 136 valence electrons. The van der Waals surface area contributed by atoms with Crippen molar-refractivity contribution in [2.45, 2.75) is 51.3 Å². The molecule has 2 unspecified atom stereocenters. The Kier molecular flexibility index (Phi) is 4.82. The van der Waals surface area contributed by atoms with Gasteiger partial charge in [-0.3, -0.25) is 4.90 Å². The van der Waals surface area contributed by atoms with Crippen LogP contribution in [0.4, 0.5) is 13.6 Å². The number of benzene rings is 1. The summed E-state index contributed by atoms with van der Waals surface area (Å²) >= 11 is 0. The quantitative estimate of drug-likeness (QED) is 0.760. The van der Waals surface area contributed by atoms with E-state index in [2.05, 4.69) is 0 Å². The summed E-state index contributed by atoms with van der Waals surface area (Å²) in [7, 11) is 0. The second kappa shape index (κ2) is 6.75. The molecule has 1 saturated heterocycles. The number of ether oxygens (including phenoxy) is 2. The summed E-state index contributed by atoms with van der Waals surface area (Å²) in [6.07, 6.45) is 2.45. The van der Waals surface area contributed by atoms with Crippen molar-refractivity contribution in [3.8, 4) is 0 Å². The van der Waals surface area contributed by atoms with Crippen LogP contribution in [-0.2, 0) is 15.9 Å². The van der Waals surface area contributed by atoms with E-state index in [1.165, 1.54) is 6.07 Å². The molecule has 0 radical (unpaired) electrons. The van der Waals surface area contributed by atoms with E-state index < -0.39 is 17.2 Å². The zero-order valence-corrected chi connectivity index (χ0v) is 14.7. The first-order valence-corrected chi connectivity index (χ1v) is 8.45. The number of hydrogen-bond acceptors (Lipinski definition) is 3. The molecule has 1 amide bonds. The molecule has 1 aromatic carbocycles. The van der Waals surface area contributed by atoms with Crippen LogP contribution in [0.25, 0.3) is 0 Å². The molecule has 0 aliphatic carbocycles. The number of fused-ring (bicyclic) bond motifs is 2. The van der Waals surface area contributed by atoms with Crippen LogP contribution in [-0.4, -0.2) is 41.9 Å². The topological polar surface area (TPSA) is 38.8 Å². The number of carbonyl (C=O) groups is 1. The number of nitrogens with zero attached hydrogens (tertiary/aromatic N) is 1. The molecule has 2 bridgehead atoms. The van der Waals surface area contributed by atoms with Gasteiger partial charge < -0.3 is 9.47 Å². The highest BCUT2D eigenvalue weighted by molar-refractivity contribution is 5.70. The van der Waals surface area contributed by atoms with Gasteiger partial charge in [-0.1, -0.05) is 11.6 Å². The Bertz CT molecular complexity index is 696. The first-order chi connectivity index (χ1) is 11.7. The lowest BCUT2D eigenvalue weighted by Crippen LogP contribution is -2.57. The number of amides is 1. The van der Waals surface area contributed by atoms with E-state index in [-0.39, 0.29) is 18.2 Å². The lowest BCUT2D eigenvalue weighted by atomic mass is 9.90. The predicted octanol–water partition coefficient (Wildman–Crippen LogP) is 3.84. The molecule has 1 fully saturated rings. The fraction of sp³-hybridized carbons (Fsp3) is 0.526. The van der Waals surface area contributed by atoms with E-state index in [0.29, 0.717) is 31.6 Å². The maximum Gasteiger partial charge on any atom is 0.411 e. The van der Waals surface area contributed by atoms with Gasteiger partial charge in [0.05, 0.1) is 25.3 Å². The molecule has 2 heterocycles. The van der Waals surface area contributed by atoms with Gasteiger partial charge in [0.25, 0.3) is 0 Å². The van der Waals surface area contributed by atoms with Crippen LogP contribution >= 0.6 is 0 Å². The van der Waals surface area contributed by atoms with Crippen LogP contribution in [0.3, 0.4) is 0 Å². The third-order valence-electron chi connectivity index (χ3n) is 4.31. The monoisotopic (exact) mass is 351 g/mol. The van der Waals surface area contributed by atoms with Crippen LogP contribution < -0.4 is 0 Å². The Morgan fingerprint density at radius 1 is 1.32 bits per heavy atom. The van der Waals surface area contributed by atoms with E-state index in [4.69, 9.17) is 9.47 Å². The minimum absolute atomic E-state index is 0.148. The Balaban J connectivity index is 1.79. The van der Waals surface area contributed by atoms with Crippen LogP contribution in [0.1, 0.15) is 32.8 Å². The molecule has 1 aromatic rings. The zero-order valence-electron chi connectivity index (χ0n) is 14.7. The molecule has 0 saturated carbocycles. The molecule has 0 aromatic heterocycles. The highest BCUT2D eigenvalue weighted by Crippen LogP contribution is 2.31. The fourth-order valence-corrected chi connectivity index (χ4v) is 3.34. The van der Waals surface area contributed by atoms with Crippen molar-refractivity contribution >= 4 is 6.09 Å². The van der Waals surface area contributed by atoms with Crippen LogP contribution in [0, 0.1) is 11.6 Å². The fourth-order valence-electron chi connectivity index (χ4n) is 3.34. The second-order valence-electron chi connectivity index (χ2n) is 7.59. The van der Waals surface area contributed by atoms with Crippen LogP contribution in [0.2, 0.25) is 0 Å². The highest BCUT2D eigenvalue weighted by Gasteiger charge is 2.39. The first kappa shape index (κ1) is 17.9. The predicted molar refractivity (Wildman–Crippen MR) is 89.2 cm³/mol. The van der Waals surface area contributed by atoms with E-state index >= 15 is 0 Å². The van der Waals surface area contributed by atoms with Crippen molar-refractivity contribution < 1.29 is 23.0 Å². The van der Waals surface area contributed by atoms with Gasteiger partial charge in [-0.15, -0.1) is 0 Å². The molecule has 25 heavy (non-hydrogen) atoms. The van der Waals surface area contributed by atoms with Crippen molar-refractivity contribution in [2.75, 3.05) is 13.2 Å². The molecular weight excluding hydrogens is 328 g/mol. The molecular formula is C19H23F2NO3. The molecule has 2 aliphatic rings. The average Bonchev–Trinajstić information content (AvgIpc) is 2.48. The summed E-state index contributed by atoms with van der Waals surface area (Å²) in [4.78, 5) is 14.2. The second-order valence-corrected chi connectivity index (χ2v) is 7.59. The van der Waals surface area contributed by atoms with E-state index in [9.17, 15) is 13.6 Å². The Labute approximate surface area is 146 Å². The normalized spacial score (nSPS) is 23.2. The van der Waals surface area contributed by atoms with Crippen molar-refractivity contribution in [1.29, 1.82) is 0 Å². The van der Waals surface area contributed by atoms with Gasteiger partial charge >= 0.3 is 6.09 Å². The lowest BCUT2D eigenvalue weighted by Gasteiger charge is -2.44. The summed E-state index contributed by atoms with van der Waals surface area (Å²) in [6, 6.07) is 3.09. The number of halogens is 2. The number of carbonyl (C=O) groups excluding carboxylic acids is 1. The van der Waals surface area contributed by atoms with Crippen molar-refractivity contribution in [1.82, 2.24) is 4.90 Å². The van der Waals surface area contributed by atoms with Gasteiger partial charge in [-0.05, 0) is 57.4 Å². The SMILES string of the molecule is CC(C)(C)OC(=O)N1C2C=C(Cc3cc(F)ccc3F)CC1COC2. The molecule has 0 N–H and O–H groups in total. The van der Waals surface area contributed by atoms with Gasteiger partial charge in [-0.25, -0.2) is 13.6 Å². The van der Waals surface area contributed by atoms with E-state index in [1.807, 2.05) is 26.8 Å². The van der Waals surface area contributed by atoms with Crippen molar-refractivity contribution in [2.24, 2.45) is 0 Å². The maximum atomic E-state index is 13.9. The lowest BCUT2D eigenvalue weighted by molar-refractivity contribution is -0.0536. The summed E-state index contributed by atoms with van der Waals surface area (Å²) in [5, 5.41) is 0. The van der Waals surface area contributed by atoms with Gasteiger partial charge in [0.2, 0.25) is 0 Å². The van der Waals surface area contributed by atoms with Gasteiger partial charge in [0, 0.05) is 0 Å². The third kappa shape index (κ3) is 4.18. The summed E-state index contributed by atoms with van der Waals surface area (Å²) in [5.41, 5.74) is 0.750. The van der Waals surface area contributed by atoms with E-state index in [0.717, 1.165) is 17.7 Å². The molecule has 2 atom stereocenters. The van der Waals surface area contributed by atoms with Crippen LogP contribution in [0.15, 0.2) is 29.8 Å². The molecule has 3 rings (SSSR count). The van der Waals surface area contributed by atoms with Gasteiger partial charge in [0.15, 0.2) is 0 Å². The third-order valence-corrected chi connectivity index (χ3v) is 4.31. The molecule has 6 heteroatoms. The van der Waals surface area contributed by atoms with Crippen LogP contribution in [0.5, 0.6) is 0 Å². The maximum absolute atomic E-state index is 13.9. The van der Waals surface area contributed by atoms with Gasteiger partial charge in [0.1, 0.15) is 17.2 Å². The number of morpholine rings is 1. The van der Waals surface area contributed by atoms with Crippen molar-refractivity contribution in [3.05, 3.63) is 47.0 Å². The average molecular weight is 351 g/mol. The first-order valence-electron chi connectivity index (χ1n) is 8.45. The summed E-state index contributed by atoms with van der Waals surface area (Å²) in [6.45, 7) is 6.28. The smallest absolute Gasteiger partial charge is 0.411 e. The minimum Gasteiger partial charge on any atom is -0.444 e. The van der Waals surface area contributed by atoms with Gasteiger partial charge in [-0.2, -0.15) is 0 Å². The molecule has 4 nitrogen and oxygen atoms in total. The standard InChI is InChI=1S/C19H23F2NO3/c1-19(2,3)25-18(23)22-15-7-12(8-16(22)11-24-10-15)6-13-9-14(20)4-5-17(13)21/h4-5,7,9,15-16H,6,8,10-11H2,1-3H3. The molecule has 0 spiro atoms. The Morgan fingerprint density at radius 3 is 2.76 bits per heavy atom. The highest BCUT2D eigenvalue weighted by atomic mass is 19.1. The van der Waals surface area contributed by atoms with Crippen molar-refractivity contribution in [3.63, 3.8) is 0 Å². The number of hydrogen-bond donors (Lipinski definition) is 0. The summed E-state index contributed by atoms with van der Waals surface area (Å²) < 4.78 is 38.3. The summed E-state index contributed by atoms with van der Waals surface area (Å²) in [5.74, 6) is -0.870. The minimum atomic E-state index is -0.569. The molecule has 2 aliphatic heterocycles. The largest absolute Gasteiger partial charge is 0.444 e. The number of rotatable bonds is 2. The van der Waals surface area contributed by atoms with E-state index in [1.54, 1.807) is 4.90 Å². The Hall–Kier alpha value is -1.95. The Morgan fingerprint density at radius 2 is 2.08 bits per heavy atom.